The molecule has 0 radical (unpaired) electrons. The van der Waals surface area contributed by atoms with Crippen molar-refractivity contribution in [3.05, 3.63) is 35.9 Å². The molecule has 1 N–H and O–H groups in total. The van der Waals surface area contributed by atoms with E-state index in [2.05, 4.69) is 20.8 Å². The topological polar surface area (TPSA) is 59.0 Å². The zero-order valence-corrected chi connectivity index (χ0v) is 16.1. The first-order valence-corrected chi connectivity index (χ1v) is 9.55. The van der Waals surface area contributed by atoms with Gasteiger partial charge in [0.15, 0.2) is 0 Å². The van der Waals surface area contributed by atoms with Crippen LogP contribution in [0.1, 0.15) is 52.0 Å². The summed E-state index contributed by atoms with van der Waals surface area (Å²) in [5, 5.41) is 11.1. The van der Waals surface area contributed by atoms with Crippen molar-refractivity contribution in [2.24, 2.45) is 5.41 Å². The Balaban J connectivity index is 1.62. The Morgan fingerprint density at radius 1 is 1.23 bits per heavy atom. The van der Waals surface area contributed by atoms with Crippen molar-refractivity contribution < 1.29 is 19.4 Å². The fourth-order valence-electron chi connectivity index (χ4n) is 3.98. The van der Waals surface area contributed by atoms with E-state index in [-0.39, 0.29) is 30.2 Å². The molecule has 2 saturated heterocycles. The van der Waals surface area contributed by atoms with Gasteiger partial charge in [-0.15, -0.1) is 0 Å². The summed E-state index contributed by atoms with van der Waals surface area (Å²) < 4.78 is 11.2. The van der Waals surface area contributed by atoms with E-state index in [4.69, 9.17) is 9.47 Å². The summed E-state index contributed by atoms with van der Waals surface area (Å²) in [7, 11) is 0. The first kappa shape index (κ1) is 19.2. The van der Waals surface area contributed by atoms with Crippen molar-refractivity contribution in [2.45, 2.75) is 70.7 Å². The zero-order chi connectivity index (χ0) is 18.8. The van der Waals surface area contributed by atoms with Crippen molar-refractivity contribution in [3.63, 3.8) is 0 Å². The first-order chi connectivity index (χ1) is 12.3. The normalized spacial score (nSPS) is 28.7. The molecule has 3 rings (SSSR count). The largest absolute Gasteiger partial charge is 0.445 e. The van der Waals surface area contributed by atoms with Gasteiger partial charge in [0.1, 0.15) is 6.61 Å². The number of carbonyl (C=O) groups excluding carboxylic acids is 1. The lowest BCUT2D eigenvalue weighted by atomic mass is 9.75. The van der Waals surface area contributed by atoms with Gasteiger partial charge in [0.2, 0.25) is 0 Å². The molecule has 2 bridgehead atoms. The molecular weight excluding hydrogens is 330 g/mol. The summed E-state index contributed by atoms with van der Waals surface area (Å²) in [6.45, 7) is 7.78. The van der Waals surface area contributed by atoms with Crippen molar-refractivity contribution in [3.8, 4) is 0 Å². The number of carbonyl (C=O) groups is 1. The molecule has 5 heteroatoms. The highest BCUT2D eigenvalue weighted by atomic mass is 16.6. The van der Waals surface area contributed by atoms with E-state index in [0.717, 1.165) is 18.4 Å². The monoisotopic (exact) mass is 361 g/mol. The fraction of sp³-hybridized carbons (Fsp3) is 0.667. The molecule has 2 unspecified atom stereocenters. The first-order valence-electron chi connectivity index (χ1n) is 9.55. The minimum Gasteiger partial charge on any atom is -0.445 e. The Morgan fingerprint density at radius 2 is 1.85 bits per heavy atom. The Hall–Kier alpha value is -1.59. The lowest BCUT2D eigenvalue weighted by molar-refractivity contribution is -0.137. The number of nitrogens with zero attached hydrogens (tertiary/aromatic N) is 1. The smallest absolute Gasteiger partial charge is 0.410 e. The van der Waals surface area contributed by atoms with Crippen molar-refractivity contribution in [1.29, 1.82) is 0 Å². The van der Waals surface area contributed by atoms with Gasteiger partial charge in [0, 0.05) is 0 Å². The van der Waals surface area contributed by atoms with Gasteiger partial charge in [-0.2, -0.15) is 0 Å². The Morgan fingerprint density at radius 3 is 2.42 bits per heavy atom. The van der Waals surface area contributed by atoms with E-state index in [9.17, 15) is 9.90 Å². The van der Waals surface area contributed by atoms with Crippen LogP contribution >= 0.6 is 0 Å². The molecule has 2 aliphatic heterocycles. The average molecular weight is 361 g/mol. The van der Waals surface area contributed by atoms with Crippen LogP contribution in [-0.2, 0) is 16.1 Å². The van der Waals surface area contributed by atoms with Gasteiger partial charge in [0.25, 0.3) is 0 Å². The summed E-state index contributed by atoms with van der Waals surface area (Å²) in [6.07, 6.45) is 2.53. The molecule has 2 heterocycles. The van der Waals surface area contributed by atoms with Gasteiger partial charge >= 0.3 is 6.09 Å². The average Bonchev–Trinajstić information content (AvgIpc) is 2.58. The third-order valence-electron chi connectivity index (χ3n) is 5.39. The molecule has 2 aliphatic rings. The maximum absolute atomic E-state index is 12.7. The molecule has 0 spiro atoms. The van der Waals surface area contributed by atoms with E-state index in [1.807, 2.05) is 30.3 Å². The number of fused-ring (bicyclic) bond motifs is 2. The number of morpholine rings is 1. The van der Waals surface area contributed by atoms with Crippen molar-refractivity contribution in [2.75, 3.05) is 13.2 Å². The summed E-state index contributed by atoms with van der Waals surface area (Å²) in [5.74, 6) is 0. The second-order valence-corrected chi connectivity index (χ2v) is 8.99. The number of rotatable bonds is 4. The quantitative estimate of drug-likeness (QED) is 0.887. The van der Waals surface area contributed by atoms with Gasteiger partial charge in [-0.05, 0) is 36.7 Å². The summed E-state index contributed by atoms with van der Waals surface area (Å²) in [5.41, 5.74) is 0.441. The number of piperidine rings is 1. The minimum absolute atomic E-state index is 0.115. The summed E-state index contributed by atoms with van der Waals surface area (Å²) >= 11 is 0. The van der Waals surface area contributed by atoms with Crippen LogP contribution < -0.4 is 0 Å². The molecule has 2 atom stereocenters. The maximum Gasteiger partial charge on any atom is 0.410 e. The van der Waals surface area contributed by atoms with Crippen LogP contribution in [0, 0.1) is 5.41 Å². The Labute approximate surface area is 156 Å². The van der Waals surface area contributed by atoms with Crippen LogP contribution in [0.4, 0.5) is 4.79 Å². The van der Waals surface area contributed by atoms with Crippen LogP contribution in [0.15, 0.2) is 30.3 Å². The van der Waals surface area contributed by atoms with Gasteiger partial charge in [-0.3, -0.25) is 4.90 Å². The maximum atomic E-state index is 12.7. The van der Waals surface area contributed by atoms with E-state index in [0.29, 0.717) is 26.1 Å². The number of ether oxygens (including phenoxy) is 2. The van der Waals surface area contributed by atoms with Crippen LogP contribution in [0.25, 0.3) is 0 Å². The molecule has 1 aromatic carbocycles. The lowest BCUT2D eigenvalue weighted by Crippen LogP contribution is -2.63. The molecule has 144 valence electrons. The number of amides is 1. The molecule has 0 aromatic heterocycles. The second kappa shape index (κ2) is 7.57. The van der Waals surface area contributed by atoms with E-state index < -0.39 is 5.60 Å². The number of aliphatic hydroxyl groups is 1. The van der Waals surface area contributed by atoms with Gasteiger partial charge in [-0.25, -0.2) is 4.79 Å². The SMILES string of the molecule is CC(C)(C)CCC1(O)CC2COCC(C1)N2C(=O)OCc1ccccc1. The summed E-state index contributed by atoms with van der Waals surface area (Å²) in [6, 6.07) is 9.46. The minimum atomic E-state index is -0.720. The van der Waals surface area contributed by atoms with E-state index >= 15 is 0 Å². The zero-order valence-electron chi connectivity index (χ0n) is 16.1. The standard InChI is InChI=1S/C21H31NO4/c1-20(2,3)9-10-21(24)11-17-14-25-15-18(12-21)22(17)19(23)26-13-16-7-5-4-6-8-16/h4-8,17-18,24H,9-15H2,1-3H3. The van der Waals surface area contributed by atoms with Crippen LogP contribution in [0.5, 0.6) is 0 Å². The summed E-state index contributed by atoms with van der Waals surface area (Å²) in [4.78, 5) is 14.5. The molecule has 1 aromatic rings. The van der Waals surface area contributed by atoms with E-state index in [1.165, 1.54) is 0 Å². The highest BCUT2D eigenvalue weighted by molar-refractivity contribution is 5.69. The van der Waals surface area contributed by atoms with Gasteiger partial charge in [-0.1, -0.05) is 51.1 Å². The molecule has 26 heavy (non-hydrogen) atoms. The van der Waals surface area contributed by atoms with Crippen LogP contribution in [0.2, 0.25) is 0 Å². The van der Waals surface area contributed by atoms with Crippen molar-refractivity contribution >= 4 is 6.09 Å². The predicted molar refractivity (Wildman–Crippen MR) is 99.7 cm³/mol. The molecule has 0 aliphatic carbocycles. The molecule has 2 fully saturated rings. The molecule has 0 saturated carbocycles. The molecule has 5 nitrogen and oxygen atoms in total. The van der Waals surface area contributed by atoms with Crippen LogP contribution in [-0.4, -0.2) is 47.0 Å². The Kier molecular flexibility index (Phi) is 5.58. The second-order valence-electron chi connectivity index (χ2n) is 8.99. The van der Waals surface area contributed by atoms with Crippen LogP contribution in [0.3, 0.4) is 0 Å². The number of hydrogen-bond acceptors (Lipinski definition) is 4. The van der Waals surface area contributed by atoms with Gasteiger partial charge < -0.3 is 14.6 Å². The fourth-order valence-corrected chi connectivity index (χ4v) is 3.98. The Bertz CT molecular complexity index is 596. The highest BCUT2D eigenvalue weighted by Gasteiger charge is 2.48. The highest BCUT2D eigenvalue weighted by Crippen LogP contribution is 2.39. The van der Waals surface area contributed by atoms with Gasteiger partial charge in [0.05, 0.1) is 30.9 Å². The number of hydrogen-bond donors (Lipinski definition) is 1. The third kappa shape index (κ3) is 4.77. The number of benzene rings is 1. The molecule has 1 amide bonds. The molecular formula is C21H31NO4. The lowest BCUT2D eigenvalue weighted by Gasteiger charge is -2.51. The third-order valence-corrected chi connectivity index (χ3v) is 5.39. The van der Waals surface area contributed by atoms with Crippen molar-refractivity contribution in [1.82, 2.24) is 4.90 Å². The predicted octanol–water partition coefficient (Wildman–Crippen LogP) is 3.74. The van der Waals surface area contributed by atoms with E-state index in [1.54, 1.807) is 4.90 Å².